The lowest BCUT2D eigenvalue weighted by Gasteiger charge is -2.33. The molecule has 3 heteroatoms. The number of ether oxygens (including phenoxy) is 1. The number of unbranched alkanes of at least 4 members (excludes halogenated alkanes) is 19. The molecule has 188 valence electrons. The standard InChI is InChI=1S/C28H60NO2/c1-5-6-7-8-9-10-11-12-13-14-15-16-17-18-19-20-21-22-23-24-27-31-28(25-26-30)29(2,3)4/h28,30H,5-27H2,1-4H3/q+1. The van der Waals surface area contributed by atoms with Crippen molar-refractivity contribution in [1.29, 1.82) is 0 Å². The summed E-state index contributed by atoms with van der Waals surface area (Å²) in [5, 5.41) is 9.18. The van der Waals surface area contributed by atoms with Crippen LogP contribution in [0.5, 0.6) is 0 Å². The summed E-state index contributed by atoms with van der Waals surface area (Å²) in [6, 6.07) is 0. The number of quaternary nitrogens is 1. The predicted molar refractivity (Wildman–Crippen MR) is 137 cm³/mol. The molecule has 1 atom stereocenters. The van der Waals surface area contributed by atoms with E-state index in [-0.39, 0.29) is 12.8 Å². The molecule has 31 heavy (non-hydrogen) atoms. The molecule has 0 aromatic rings. The molecule has 0 radical (unpaired) electrons. The maximum Gasteiger partial charge on any atom is 0.194 e. The van der Waals surface area contributed by atoms with Crippen LogP contribution in [0.15, 0.2) is 0 Å². The molecule has 0 spiro atoms. The molecule has 0 aliphatic rings. The van der Waals surface area contributed by atoms with E-state index in [9.17, 15) is 5.11 Å². The highest BCUT2D eigenvalue weighted by Crippen LogP contribution is 2.15. The van der Waals surface area contributed by atoms with Crippen LogP contribution >= 0.6 is 0 Å². The average molecular weight is 443 g/mol. The molecule has 1 N–H and O–H groups in total. The van der Waals surface area contributed by atoms with Gasteiger partial charge in [0.05, 0.1) is 34.4 Å². The first-order valence-electron chi connectivity index (χ1n) is 14.1. The van der Waals surface area contributed by atoms with Gasteiger partial charge in [-0.05, 0) is 6.42 Å². The number of rotatable bonds is 25. The van der Waals surface area contributed by atoms with Crippen molar-refractivity contribution in [3.63, 3.8) is 0 Å². The first kappa shape index (κ1) is 30.9. The lowest BCUT2D eigenvalue weighted by atomic mass is 10.0. The van der Waals surface area contributed by atoms with Crippen molar-refractivity contribution in [3.05, 3.63) is 0 Å². The molecule has 0 fully saturated rings. The van der Waals surface area contributed by atoms with Crippen molar-refractivity contribution in [1.82, 2.24) is 0 Å². The molecule has 0 aliphatic heterocycles. The van der Waals surface area contributed by atoms with E-state index in [4.69, 9.17) is 4.74 Å². The zero-order chi connectivity index (χ0) is 23.0. The van der Waals surface area contributed by atoms with E-state index < -0.39 is 0 Å². The summed E-state index contributed by atoms with van der Waals surface area (Å²) in [6.07, 6.45) is 29.1. The Morgan fingerprint density at radius 3 is 1.16 bits per heavy atom. The van der Waals surface area contributed by atoms with Crippen LogP contribution in [0.1, 0.15) is 142 Å². The Morgan fingerprint density at radius 2 is 0.871 bits per heavy atom. The second-order valence-corrected chi connectivity index (χ2v) is 10.7. The summed E-state index contributed by atoms with van der Waals surface area (Å²) >= 11 is 0. The van der Waals surface area contributed by atoms with Crippen LogP contribution in [0.25, 0.3) is 0 Å². The van der Waals surface area contributed by atoms with E-state index in [1.54, 1.807) is 0 Å². The fourth-order valence-corrected chi connectivity index (χ4v) is 4.38. The Hall–Kier alpha value is -0.120. The molecule has 0 bridgehead atoms. The molecule has 0 saturated heterocycles. The number of aliphatic hydroxyl groups is 1. The highest BCUT2D eigenvalue weighted by molar-refractivity contribution is 4.51. The Bertz CT molecular complexity index is 340. The first-order chi connectivity index (χ1) is 15.0. The molecule has 1 unspecified atom stereocenters. The Kier molecular flexibility index (Phi) is 23.0. The van der Waals surface area contributed by atoms with Gasteiger partial charge in [0.15, 0.2) is 6.23 Å². The maximum atomic E-state index is 9.18. The summed E-state index contributed by atoms with van der Waals surface area (Å²) in [6.45, 7) is 3.34. The van der Waals surface area contributed by atoms with E-state index in [2.05, 4.69) is 28.1 Å². The Labute approximate surface area is 196 Å². The fourth-order valence-electron chi connectivity index (χ4n) is 4.38. The van der Waals surface area contributed by atoms with Gasteiger partial charge in [-0.1, -0.05) is 129 Å². The van der Waals surface area contributed by atoms with Gasteiger partial charge in [0.1, 0.15) is 0 Å². The summed E-state index contributed by atoms with van der Waals surface area (Å²) < 4.78 is 6.76. The Morgan fingerprint density at radius 1 is 0.548 bits per heavy atom. The summed E-state index contributed by atoms with van der Waals surface area (Å²) in [7, 11) is 6.41. The van der Waals surface area contributed by atoms with E-state index >= 15 is 0 Å². The van der Waals surface area contributed by atoms with Crippen molar-refractivity contribution in [3.8, 4) is 0 Å². The van der Waals surface area contributed by atoms with E-state index in [0.717, 1.165) is 23.9 Å². The minimum absolute atomic E-state index is 0.116. The second kappa shape index (κ2) is 23.1. The molecule has 0 saturated carbocycles. The van der Waals surface area contributed by atoms with E-state index in [1.807, 2.05) is 0 Å². The van der Waals surface area contributed by atoms with E-state index in [0.29, 0.717) is 0 Å². The summed E-state index contributed by atoms with van der Waals surface area (Å²) in [4.78, 5) is 0. The smallest absolute Gasteiger partial charge is 0.194 e. The third-order valence-corrected chi connectivity index (χ3v) is 6.55. The zero-order valence-corrected chi connectivity index (χ0v) is 22.1. The van der Waals surface area contributed by atoms with Gasteiger partial charge < -0.3 is 14.3 Å². The van der Waals surface area contributed by atoms with Crippen LogP contribution < -0.4 is 0 Å². The van der Waals surface area contributed by atoms with Crippen LogP contribution in [0.4, 0.5) is 0 Å². The van der Waals surface area contributed by atoms with Crippen molar-refractivity contribution in [2.45, 2.75) is 148 Å². The molecule has 0 amide bonds. The second-order valence-electron chi connectivity index (χ2n) is 10.7. The van der Waals surface area contributed by atoms with Gasteiger partial charge >= 0.3 is 0 Å². The van der Waals surface area contributed by atoms with Gasteiger partial charge in [0, 0.05) is 6.42 Å². The Balaban J connectivity index is 3.20. The number of hydrogen-bond donors (Lipinski definition) is 1. The van der Waals surface area contributed by atoms with Crippen molar-refractivity contribution < 1.29 is 14.3 Å². The summed E-state index contributed by atoms with van der Waals surface area (Å²) in [5.74, 6) is 0. The normalized spacial score (nSPS) is 13.1. The molecule has 0 aliphatic carbocycles. The van der Waals surface area contributed by atoms with Gasteiger partial charge in [-0.25, -0.2) is 0 Å². The quantitative estimate of drug-likeness (QED) is 0.0876. The van der Waals surface area contributed by atoms with Crippen molar-refractivity contribution in [2.75, 3.05) is 34.4 Å². The molecule has 3 nitrogen and oxygen atoms in total. The number of hydrogen-bond acceptors (Lipinski definition) is 2. The van der Waals surface area contributed by atoms with Gasteiger partial charge in [-0.2, -0.15) is 0 Å². The summed E-state index contributed by atoms with van der Waals surface area (Å²) in [5.41, 5.74) is 0. The van der Waals surface area contributed by atoms with Crippen molar-refractivity contribution >= 4 is 0 Å². The van der Waals surface area contributed by atoms with Crippen LogP contribution in [0.3, 0.4) is 0 Å². The molecular weight excluding hydrogens is 382 g/mol. The van der Waals surface area contributed by atoms with Gasteiger partial charge in [-0.3, -0.25) is 0 Å². The SMILES string of the molecule is CCCCCCCCCCCCCCCCCCCCCCOC(CCO)[N+](C)(C)C. The largest absolute Gasteiger partial charge is 0.396 e. The van der Waals surface area contributed by atoms with Crippen LogP contribution in [-0.2, 0) is 4.74 Å². The molecule has 0 aromatic heterocycles. The number of aliphatic hydroxyl groups excluding tert-OH is 1. The predicted octanol–water partition coefficient (Wildman–Crippen LogP) is 8.24. The highest BCUT2D eigenvalue weighted by atomic mass is 16.5. The van der Waals surface area contributed by atoms with Crippen LogP contribution in [-0.4, -0.2) is 50.2 Å². The molecular formula is C28H60NO2+. The van der Waals surface area contributed by atoms with Crippen LogP contribution in [0.2, 0.25) is 0 Å². The van der Waals surface area contributed by atoms with E-state index in [1.165, 1.54) is 122 Å². The fraction of sp³-hybridized carbons (Fsp3) is 1.00. The minimum atomic E-state index is 0.116. The van der Waals surface area contributed by atoms with Gasteiger partial charge in [0.2, 0.25) is 0 Å². The number of nitrogens with zero attached hydrogens (tertiary/aromatic N) is 1. The first-order valence-corrected chi connectivity index (χ1v) is 14.1. The maximum absolute atomic E-state index is 9.18. The average Bonchev–Trinajstić information content (AvgIpc) is 2.73. The molecule has 0 heterocycles. The molecule has 0 rings (SSSR count). The monoisotopic (exact) mass is 442 g/mol. The lowest BCUT2D eigenvalue weighted by Crippen LogP contribution is -2.47. The van der Waals surface area contributed by atoms with Gasteiger partial charge in [0.25, 0.3) is 0 Å². The molecule has 0 aromatic carbocycles. The topological polar surface area (TPSA) is 29.5 Å². The lowest BCUT2D eigenvalue weighted by molar-refractivity contribution is -0.920. The third kappa shape index (κ3) is 22.9. The zero-order valence-electron chi connectivity index (χ0n) is 22.1. The van der Waals surface area contributed by atoms with Crippen LogP contribution in [0, 0.1) is 0 Å². The minimum Gasteiger partial charge on any atom is -0.396 e. The van der Waals surface area contributed by atoms with Gasteiger partial charge in [-0.15, -0.1) is 0 Å². The third-order valence-electron chi connectivity index (χ3n) is 6.55. The van der Waals surface area contributed by atoms with Crippen molar-refractivity contribution in [2.24, 2.45) is 0 Å². The highest BCUT2D eigenvalue weighted by Gasteiger charge is 2.23.